The number of fused-ring (bicyclic) bond motifs is 1. The third-order valence-corrected chi connectivity index (χ3v) is 2.75. The van der Waals surface area contributed by atoms with Gasteiger partial charge in [-0.2, -0.15) is 5.10 Å². The maximum Gasteiger partial charge on any atom is 0.254 e. The van der Waals surface area contributed by atoms with Gasteiger partial charge in [0.05, 0.1) is 18.3 Å². The Hall–Kier alpha value is -2.28. The highest BCUT2D eigenvalue weighted by Gasteiger charge is 2.14. The maximum absolute atomic E-state index is 12.3. The van der Waals surface area contributed by atoms with Crippen LogP contribution in [-0.2, 0) is 0 Å². The molecule has 1 amide bonds. The predicted molar refractivity (Wildman–Crippen MR) is 71.1 cm³/mol. The number of amides is 1. The number of terminal acetylenes is 1. The standard InChI is InChI=1S/C14H15N3O/c1-3-7-17(8-4-2)14(18)11-5-6-12-10-15-16-13(12)9-11/h1,5-6,9-10H,4,7-8H2,2H3,(H,15,16). The molecule has 0 aliphatic heterocycles. The quantitative estimate of drug-likeness (QED) is 0.833. The fourth-order valence-electron chi connectivity index (χ4n) is 1.89. The van der Waals surface area contributed by atoms with Gasteiger partial charge in [0.2, 0.25) is 0 Å². The number of aromatic nitrogens is 2. The van der Waals surface area contributed by atoms with E-state index < -0.39 is 0 Å². The van der Waals surface area contributed by atoms with Gasteiger partial charge in [-0.1, -0.05) is 18.9 Å². The van der Waals surface area contributed by atoms with Gasteiger partial charge in [0, 0.05) is 17.5 Å². The van der Waals surface area contributed by atoms with Crippen LogP contribution in [0.25, 0.3) is 10.9 Å². The first kappa shape index (κ1) is 12.2. The highest BCUT2D eigenvalue weighted by Crippen LogP contribution is 2.14. The zero-order chi connectivity index (χ0) is 13.0. The normalized spacial score (nSPS) is 10.2. The predicted octanol–water partition coefficient (Wildman–Crippen LogP) is 2.05. The lowest BCUT2D eigenvalue weighted by molar-refractivity contribution is 0.0777. The Morgan fingerprint density at radius 1 is 1.56 bits per heavy atom. The lowest BCUT2D eigenvalue weighted by atomic mass is 10.1. The molecular weight excluding hydrogens is 226 g/mol. The van der Waals surface area contributed by atoms with Crippen molar-refractivity contribution in [2.45, 2.75) is 13.3 Å². The van der Waals surface area contributed by atoms with Crippen LogP contribution in [0.15, 0.2) is 24.4 Å². The Morgan fingerprint density at radius 2 is 2.39 bits per heavy atom. The summed E-state index contributed by atoms with van der Waals surface area (Å²) in [5, 5.41) is 7.78. The number of benzene rings is 1. The molecule has 1 aromatic heterocycles. The van der Waals surface area contributed by atoms with Crippen LogP contribution in [0.4, 0.5) is 0 Å². The van der Waals surface area contributed by atoms with E-state index in [-0.39, 0.29) is 5.91 Å². The van der Waals surface area contributed by atoms with Crippen LogP contribution >= 0.6 is 0 Å². The molecular formula is C14H15N3O. The number of rotatable bonds is 4. The number of carbonyl (C=O) groups excluding carboxylic acids is 1. The van der Waals surface area contributed by atoms with Gasteiger partial charge in [-0.15, -0.1) is 6.42 Å². The molecule has 0 atom stereocenters. The zero-order valence-electron chi connectivity index (χ0n) is 10.3. The van der Waals surface area contributed by atoms with E-state index in [9.17, 15) is 4.79 Å². The molecule has 0 fully saturated rings. The monoisotopic (exact) mass is 241 g/mol. The van der Waals surface area contributed by atoms with Crippen molar-refractivity contribution < 1.29 is 4.79 Å². The lowest BCUT2D eigenvalue weighted by Gasteiger charge is -2.19. The molecule has 0 bridgehead atoms. The van der Waals surface area contributed by atoms with E-state index in [1.807, 2.05) is 19.1 Å². The first-order valence-corrected chi connectivity index (χ1v) is 5.92. The van der Waals surface area contributed by atoms with Crippen LogP contribution in [0.2, 0.25) is 0 Å². The highest BCUT2D eigenvalue weighted by molar-refractivity contribution is 5.97. The van der Waals surface area contributed by atoms with Gasteiger partial charge < -0.3 is 4.90 Å². The van der Waals surface area contributed by atoms with Crippen LogP contribution in [-0.4, -0.2) is 34.1 Å². The Kier molecular flexibility index (Phi) is 3.63. The SMILES string of the molecule is C#CCN(CCC)C(=O)c1ccc2cn[nH]c2c1. The van der Waals surface area contributed by atoms with Crippen LogP contribution in [0, 0.1) is 12.3 Å². The fourth-order valence-corrected chi connectivity index (χ4v) is 1.89. The molecule has 0 unspecified atom stereocenters. The van der Waals surface area contributed by atoms with Gasteiger partial charge in [-0.05, 0) is 18.6 Å². The summed E-state index contributed by atoms with van der Waals surface area (Å²) in [6.45, 7) is 3.03. The summed E-state index contributed by atoms with van der Waals surface area (Å²) < 4.78 is 0. The van der Waals surface area contributed by atoms with Gasteiger partial charge in [0.25, 0.3) is 5.91 Å². The topological polar surface area (TPSA) is 49.0 Å². The average molecular weight is 241 g/mol. The van der Waals surface area contributed by atoms with Gasteiger partial charge in [-0.25, -0.2) is 0 Å². The summed E-state index contributed by atoms with van der Waals surface area (Å²) in [5.41, 5.74) is 1.49. The van der Waals surface area contributed by atoms with Crippen molar-refractivity contribution in [3.05, 3.63) is 30.0 Å². The molecule has 92 valence electrons. The Morgan fingerprint density at radius 3 is 3.11 bits per heavy atom. The number of nitrogens with zero attached hydrogens (tertiary/aromatic N) is 2. The first-order valence-electron chi connectivity index (χ1n) is 5.92. The third-order valence-electron chi connectivity index (χ3n) is 2.75. The van der Waals surface area contributed by atoms with Crippen molar-refractivity contribution in [2.75, 3.05) is 13.1 Å². The largest absolute Gasteiger partial charge is 0.328 e. The summed E-state index contributed by atoms with van der Waals surface area (Å²) in [7, 11) is 0. The van der Waals surface area contributed by atoms with Crippen LogP contribution in [0.1, 0.15) is 23.7 Å². The second kappa shape index (κ2) is 5.37. The van der Waals surface area contributed by atoms with Crippen molar-refractivity contribution in [3.63, 3.8) is 0 Å². The third kappa shape index (κ3) is 2.35. The molecule has 1 aromatic carbocycles. The Balaban J connectivity index is 2.28. The fraction of sp³-hybridized carbons (Fsp3) is 0.286. The second-order valence-electron chi connectivity index (χ2n) is 4.10. The number of nitrogens with one attached hydrogen (secondary N) is 1. The average Bonchev–Trinajstić information content (AvgIpc) is 2.84. The molecule has 0 aliphatic carbocycles. The maximum atomic E-state index is 12.3. The molecule has 0 aliphatic rings. The molecule has 2 aromatic rings. The second-order valence-corrected chi connectivity index (χ2v) is 4.10. The van der Waals surface area contributed by atoms with Gasteiger partial charge >= 0.3 is 0 Å². The van der Waals surface area contributed by atoms with E-state index in [1.54, 1.807) is 17.2 Å². The van der Waals surface area contributed by atoms with E-state index in [0.717, 1.165) is 17.3 Å². The molecule has 2 rings (SSSR count). The molecule has 18 heavy (non-hydrogen) atoms. The number of H-pyrrole nitrogens is 1. The molecule has 1 N–H and O–H groups in total. The van der Waals surface area contributed by atoms with Crippen molar-refractivity contribution in [1.29, 1.82) is 0 Å². The Bertz CT molecular complexity index is 594. The van der Waals surface area contributed by atoms with E-state index in [1.165, 1.54) is 0 Å². The lowest BCUT2D eigenvalue weighted by Crippen LogP contribution is -2.32. The number of hydrogen-bond donors (Lipinski definition) is 1. The van der Waals surface area contributed by atoms with E-state index in [0.29, 0.717) is 18.7 Å². The summed E-state index contributed by atoms with van der Waals surface area (Å²) in [6.07, 6.45) is 7.91. The van der Waals surface area contributed by atoms with E-state index in [2.05, 4.69) is 16.1 Å². The van der Waals surface area contributed by atoms with Gasteiger partial charge in [0.1, 0.15) is 0 Å². The van der Waals surface area contributed by atoms with Crippen LogP contribution in [0.5, 0.6) is 0 Å². The highest BCUT2D eigenvalue weighted by atomic mass is 16.2. The first-order chi connectivity index (χ1) is 8.76. The summed E-state index contributed by atoms with van der Waals surface area (Å²) in [6, 6.07) is 5.50. The number of carbonyl (C=O) groups is 1. The summed E-state index contributed by atoms with van der Waals surface area (Å²) in [4.78, 5) is 14.0. The summed E-state index contributed by atoms with van der Waals surface area (Å²) >= 11 is 0. The van der Waals surface area contributed by atoms with Gasteiger partial charge in [0.15, 0.2) is 0 Å². The summed E-state index contributed by atoms with van der Waals surface area (Å²) in [5.74, 6) is 2.48. The number of aromatic amines is 1. The molecule has 4 heteroatoms. The van der Waals surface area contributed by atoms with Crippen molar-refractivity contribution in [1.82, 2.24) is 15.1 Å². The van der Waals surface area contributed by atoms with Crippen molar-refractivity contribution >= 4 is 16.8 Å². The molecule has 1 heterocycles. The van der Waals surface area contributed by atoms with E-state index in [4.69, 9.17) is 6.42 Å². The minimum absolute atomic E-state index is 0.0358. The number of hydrogen-bond acceptors (Lipinski definition) is 2. The van der Waals surface area contributed by atoms with Crippen LogP contribution < -0.4 is 0 Å². The van der Waals surface area contributed by atoms with E-state index >= 15 is 0 Å². The van der Waals surface area contributed by atoms with Crippen LogP contribution in [0.3, 0.4) is 0 Å². The molecule has 0 saturated carbocycles. The molecule has 0 saturated heterocycles. The van der Waals surface area contributed by atoms with Crippen molar-refractivity contribution in [3.8, 4) is 12.3 Å². The van der Waals surface area contributed by atoms with Gasteiger partial charge in [-0.3, -0.25) is 9.89 Å². The molecule has 4 nitrogen and oxygen atoms in total. The minimum atomic E-state index is -0.0358. The molecule has 0 spiro atoms. The van der Waals surface area contributed by atoms with Crippen molar-refractivity contribution in [2.24, 2.45) is 0 Å². The zero-order valence-corrected chi connectivity index (χ0v) is 10.3. The Labute approximate surface area is 106 Å². The smallest absolute Gasteiger partial charge is 0.254 e. The molecule has 0 radical (unpaired) electrons. The minimum Gasteiger partial charge on any atom is -0.328 e.